The van der Waals surface area contributed by atoms with E-state index in [9.17, 15) is 13.4 Å². The van der Waals surface area contributed by atoms with Crippen molar-refractivity contribution in [2.75, 3.05) is 16.8 Å². The van der Waals surface area contributed by atoms with Gasteiger partial charge in [-0.15, -0.1) is 0 Å². The lowest BCUT2D eigenvalue weighted by atomic mass is 10.2. The summed E-state index contributed by atoms with van der Waals surface area (Å²) in [5.41, 5.74) is 6.15. The number of anilines is 2. The summed E-state index contributed by atoms with van der Waals surface area (Å²) in [5, 5.41) is 2.65. The Hall–Kier alpha value is -1.43. The second kappa shape index (κ2) is 7.38. The summed E-state index contributed by atoms with van der Waals surface area (Å²) in [6.45, 7) is 5.92. The van der Waals surface area contributed by atoms with E-state index in [-0.39, 0.29) is 23.3 Å². The van der Waals surface area contributed by atoms with Gasteiger partial charge in [-0.2, -0.15) is 0 Å². The van der Waals surface area contributed by atoms with Gasteiger partial charge in [0.15, 0.2) is 0 Å². The van der Waals surface area contributed by atoms with Crippen LogP contribution in [0, 0.1) is 11.7 Å². The lowest BCUT2D eigenvalue weighted by Crippen LogP contribution is -2.23. The molecule has 0 aromatic heterocycles. The standard InChI is InChI=1S/C14H21FN2O2S/c1-9(2)10(3)20(19)7-6-14(18)17-13-5-4-11(15)8-12(13)16/h4-5,8-10H,6-7,16H2,1-3H3,(H,17,18). The second-order valence-electron chi connectivity index (χ2n) is 5.06. The van der Waals surface area contributed by atoms with Gasteiger partial charge in [-0.3, -0.25) is 9.00 Å². The minimum Gasteiger partial charge on any atom is -0.397 e. The summed E-state index contributed by atoms with van der Waals surface area (Å²) in [5.74, 6) is -0.0988. The van der Waals surface area contributed by atoms with Crippen molar-refractivity contribution in [3.63, 3.8) is 0 Å². The Morgan fingerprint density at radius 3 is 2.60 bits per heavy atom. The fourth-order valence-electron chi connectivity index (χ4n) is 1.54. The minimum atomic E-state index is -1.03. The van der Waals surface area contributed by atoms with Crippen molar-refractivity contribution < 1.29 is 13.4 Å². The molecule has 6 heteroatoms. The summed E-state index contributed by atoms with van der Waals surface area (Å²) >= 11 is 0. The molecule has 0 spiro atoms. The van der Waals surface area contributed by atoms with E-state index in [0.29, 0.717) is 17.4 Å². The number of nitrogens with two attached hydrogens (primary N) is 1. The molecule has 1 aromatic carbocycles. The molecule has 0 heterocycles. The largest absolute Gasteiger partial charge is 0.397 e. The van der Waals surface area contributed by atoms with Crippen molar-refractivity contribution >= 4 is 28.1 Å². The summed E-state index contributed by atoms with van der Waals surface area (Å²) < 4.78 is 24.8. The predicted molar refractivity (Wildman–Crippen MR) is 81.4 cm³/mol. The summed E-state index contributed by atoms with van der Waals surface area (Å²) in [7, 11) is -1.03. The maximum absolute atomic E-state index is 12.9. The molecule has 1 aromatic rings. The molecule has 0 aliphatic heterocycles. The van der Waals surface area contributed by atoms with E-state index in [1.807, 2.05) is 20.8 Å². The number of nitrogen functional groups attached to an aromatic ring is 1. The van der Waals surface area contributed by atoms with Crippen LogP contribution in [0.15, 0.2) is 18.2 Å². The smallest absolute Gasteiger partial charge is 0.225 e. The highest BCUT2D eigenvalue weighted by Crippen LogP contribution is 2.19. The number of amides is 1. The van der Waals surface area contributed by atoms with Crippen molar-refractivity contribution in [2.24, 2.45) is 5.92 Å². The molecule has 0 aliphatic rings. The quantitative estimate of drug-likeness (QED) is 0.793. The molecule has 0 fully saturated rings. The van der Waals surface area contributed by atoms with Gasteiger partial charge in [-0.25, -0.2) is 4.39 Å². The topological polar surface area (TPSA) is 72.2 Å². The van der Waals surface area contributed by atoms with Crippen LogP contribution in [0.2, 0.25) is 0 Å². The minimum absolute atomic E-state index is 0.0543. The molecule has 0 saturated carbocycles. The van der Waals surface area contributed by atoms with Crippen molar-refractivity contribution in [3.05, 3.63) is 24.0 Å². The molecule has 0 aliphatic carbocycles. The van der Waals surface area contributed by atoms with Gasteiger partial charge in [0.05, 0.1) is 11.4 Å². The third kappa shape index (κ3) is 4.92. The maximum Gasteiger partial charge on any atom is 0.225 e. The molecule has 1 amide bonds. The Labute approximate surface area is 121 Å². The number of halogens is 1. The Bertz CT molecular complexity index is 506. The zero-order valence-corrected chi connectivity index (χ0v) is 12.8. The van der Waals surface area contributed by atoms with E-state index in [2.05, 4.69) is 5.32 Å². The summed E-state index contributed by atoms with van der Waals surface area (Å²) in [6, 6.07) is 3.79. The van der Waals surface area contributed by atoms with Crippen LogP contribution in [0.25, 0.3) is 0 Å². The molecular weight excluding hydrogens is 279 g/mol. The highest BCUT2D eigenvalue weighted by molar-refractivity contribution is 7.85. The van der Waals surface area contributed by atoms with E-state index in [1.54, 1.807) is 0 Å². The molecule has 20 heavy (non-hydrogen) atoms. The van der Waals surface area contributed by atoms with Crippen LogP contribution in [0.4, 0.5) is 15.8 Å². The van der Waals surface area contributed by atoms with E-state index < -0.39 is 16.6 Å². The van der Waals surface area contributed by atoms with Gasteiger partial charge in [0.2, 0.25) is 5.91 Å². The van der Waals surface area contributed by atoms with Crippen LogP contribution in [0.3, 0.4) is 0 Å². The highest BCUT2D eigenvalue weighted by atomic mass is 32.2. The molecule has 3 N–H and O–H groups in total. The van der Waals surface area contributed by atoms with Gasteiger partial charge in [-0.1, -0.05) is 20.8 Å². The number of benzene rings is 1. The van der Waals surface area contributed by atoms with Crippen molar-refractivity contribution in [1.82, 2.24) is 0 Å². The SMILES string of the molecule is CC(C)C(C)S(=O)CCC(=O)Nc1ccc(F)cc1N. The third-order valence-electron chi connectivity index (χ3n) is 3.17. The number of carbonyl (C=O) groups excluding carboxylic acids is 1. The molecular formula is C14H21FN2O2S. The third-order valence-corrected chi connectivity index (χ3v) is 5.15. The van der Waals surface area contributed by atoms with Crippen molar-refractivity contribution in [1.29, 1.82) is 0 Å². The molecule has 0 saturated heterocycles. The van der Waals surface area contributed by atoms with Crippen LogP contribution in [-0.4, -0.2) is 21.1 Å². The highest BCUT2D eigenvalue weighted by Gasteiger charge is 2.16. The average Bonchev–Trinajstić information content (AvgIpc) is 2.38. The summed E-state index contributed by atoms with van der Waals surface area (Å²) in [6.07, 6.45) is 0.153. The maximum atomic E-state index is 12.9. The van der Waals surface area contributed by atoms with Crippen LogP contribution in [0.5, 0.6) is 0 Å². The number of hydrogen-bond acceptors (Lipinski definition) is 3. The first kappa shape index (κ1) is 16.6. The Morgan fingerprint density at radius 1 is 1.40 bits per heavy atom. The predicted octanol–water partition coefficient (Wildman–Crippen LogP) is 2.53. The normalized spacial score (nSPS) is 14.1. The fourth-order valence-corrected chi connectivity index (χ4v) is 2.91. The van der Waals surface area contributed by atoms with E-state index in [0.717, 1.165) is 6.07 Å². The zero-order valence-electron chi connectivity index (χ0n) is 12.0. The van der Waals surface area contributed by atoms with Gasteiger partial charge in [-0.05, 0) is 24.1 Å². The molecule has 0 radical (unpaired) electrons. The van der Waals surface area contributed by atoms with E-state index >= 15 is 0 Å². The lowest BCUT2D eigenvalue weighted by Gasteiger charge is -2.15. The molecule has 4 nitrogen and oxygen atoms in total. The molecule has 1 rings (SSSR count). The number of carbonyl (C=O) groups is 1. The number of hydrogen-bond donors (Lipinski definition) is 2. The molecule has 0 bridgehead atoms. The summed E-state index contributed by atoms with van der Waals surface area (Å²) in [4.78, 5) is 11.8. The Kier molecular flexibility index (Phi) is 6.13. The fraction of sp³-hybridized carbons (Fsp3) is 0.500. The Balaban J connectivity index is 2.50. The van der Waals surface area contributed by atoms with E-state index in [1.165, 1.54) is 12.1 Å². The van der Waals surface area contributed by atoms with Crippen LogP contribution in [0.1, 0.15) is 27.2 Å². The van der Waals surface area contributed by atoms with Gasteiger partial charge in [0.25, 0.3) is 0 Å². The first-order chi connectivity index (χ1) is 9.31. The van der Waals surface area contributed by atoms with Gasteiger partial charge in [0.1, 0.15) is 5.82 Å². The molecule has 2 unspecified atom stereocenters. The number of rotatable bonds is 6. The monoisotopic (exact) mass is 300 g/mol. The molecule has 112 valence electrons. The second-order valence-corrected chi connectivity index (χ2v) is 6.98. The Morgan fingerprint density at radius 2 is 2.05 bits per heavy atom. The van der Waals surface area contributed by atoms with Crippen LogP contribution in [-0.2, 0) is 15.6 Å². The van der Waals surface area contributed by atoms with Crippen molar-refractivity contribution in [3.8, 4) is 0 Å². The molecule has 2 atom stereocenters. The zero-order chi connectivity index (χ0) is 15.3. The van der Waals surface area contributed by atoms with Crippen LogP contribution >= 0.6 is 0 Å². The average molecular weight is 300 g/mol. The number of nitrogens with one attached hydrogen (secondary N) is 1. The van der Waals surface area contributed by atoms with Crippen molar-refractivity contribution in [2.45, 2.75) is 32.4 Å². The first-order valence-electron chi connectivity index (χ1n) is 6.53. The lowest BCUT2D eigenvalue weighted by molar-refractivity contribution is -0.115. The van der Waals surface area contributed by atoms with Gasteiger partial charge < -0.3 is 11.1 Å². The van der Waals surface area contributed by atoms with Crippen LogP contribution < -0.4 is 11.1 Å². The first-order valence-corrected chi connectivity index (χ1v) is 7.91. The van der Waals surface area contributed by atoms with Gasteiger partial charge >= 0.3 is 0 Å². The van der Waals surface area contributed by atoms with E-state index in [4.69, 9.17) is 5.73 Å². The van der Waals surface area contributed by atoms with Gasteiger partial charge in [0, 0.05) is 28.2 Å².